The van der Waals surface area contributed by atoms with Crippen LogP contribution in [0.1, 0.15) is 42.1 Å². The highest BCUT2D eigenvalue weighted by molar-refractivity contribution is 5.97. The van der Waals surface area contributed by atoms with Gasteiger partial charge in [-0.25, -0.2) is 4.79 Å². The van der Waals surface area contributed by atoms with Crippen LogP contribution in [0.2, 0.25) is 0 Å². The Labute approximate surface area is 152 Å². The summed E-state index contributed by atoms with van der Waals surface area (Å²) in [5, 5.41) is 9.58. The van der Waals surface area contributed by atoms with Crippen LogP contribution < -0.4 is 0 Å². The number of carbonyl (C=O) groups is 3. The zero-order valence-corrected chi connectivity index (χ0v) is 15.1. The normalized spacial score (nSPS) is 21.8. The van der Waals surface area contributed by atoms with Gasteiger partial charge in [0.2, 0.25) is 5.91 Å². The zero-order valence-electron chi connectivity index (χ0n) is 15.1. The number of hydrogen-bond donors (Lipinski definition) is 1. The number of aliphatic carboxylic acids is 1. The SMILES string of the molecule is CCC(=O)N1CCC2(CC1)OC[C@H](C(=O)O)N2C(=O)c1ccc(C)cc1. The average Bonchev–Trinajstić information content (AvgIpc) is 3.00. The number of carbonyl (C=O) groups excluding carboxylic acids is 2. The van der Waals surface area contributed by atoms with Crippen molar-refractivity contribution in [1.82, 2.24) is 9.80 Å². The Morgan fingerprint density at radius 3 is 2.35 bits per heavy atom. The lowest BCUT2D eigenvalue weighted by Crippen LogP contribution is -2.58. The van der Waals surface area contributed by atoms with Crippen LogP contribution in [0.5, 0.6) is 0 Å². The average molecular weight is 360 g/mol. The topological polar surface area (TPSA) is 87.2 Å². The summed E-state index contributed by atoms with van der Waals surface area (Å²) in [6, 6.07) is 6.05. The Bertz CT molecular complexity index is 707. The van der Waals surface area contributed by atoms with Gasteiger partial charge in [0.05, 0.1) is 6.61 Å². The molecule has 140 valence electrons. The lowest BCUT2D eigenvalue weighted by molar-refractivity contribution is -0.147. The summed E-state index contributed by atoms with van der Waals surface area (Å²) in [5.41, 5.74) is 0.504. The molecular weight excluding hydrogens is 336 g/mol. The minimum absolute atomic E-state index is 0.0331. The maximum Gasteiger partial charge on any atom is 0.328 e. The quantitative estimate of drug-likeness (QED) is 0.886. The van der Waals surface area contributed by atoms with Gasteiger partial charge in [-0.2, -0.15) is 0 Å². The number of likely N-dealkylation sites (tertiary alicyclic amines) is 1. The molecule has 3 rings (SSSR count). The number of benzene rings is 1. The molecule has 26 heavy (non-hydrogen) atoms. The molecule has 2 aliphatic rings. The van der Waals surface area contributed by atoms with Gasteiger partial charge in [-0.1, -0.05) is 24.6 Å². The summed E-state index contributed by atoms with van der Waals surface area (Å²) < 4.78 is 5.88. The molecule has 1 aromatic carbocycles. The highest BCUT2D eigenvalue weighted by Crippen LogP contribution is 2.38. The summed E-state index contributed by atoms with van der Waals surface area (Å²) >= 11 is 0. The molecule has 0 aromatic heterocycles. The number of nitrogens with zero attached hydrogens (tertiary/aromatic N) is 2. The highest BCUT2D eigenvalue weighted by atomic mass is 16.5. The van der Waals surface area contributed by atoms with Crippen LogP contribution in [0.4, 0.5) is 0 Å². The monoisotopic (exact) mass is 360 g/mol. The first-order valence-corrected chi connectivity index (χ1v) is 8.93. The van der Waals surface area contributed by atoms with E-state index in [0.29, 0.717) is 37.9 Å². The number of hydrogen-bond acceptors (Lipinski definition) is 4. The first-order chi connectivity index (χ1) is 12.4. The number of rotatable bonds is 3. The first kappa shape index (κ1) is 18.4. The Morgan fingerprint density at radius 2 is 1.81 bits per heavy atom. The summed E-state index contributed by atoms with van der Waals surface area (Å²) in [7, 11) is 0. The van der Waals surface area contributed by atoms with Gasteiger partial charge >= 0.3 is 5.97 Å². The van der Waals surface area contributed by atoms with E-state index >= 15 is 0 Å². The van der Waals surface area contributed by atoms with Crippen molar-refractivity contribution in [3.63, 3.8) is 0 Å². The molecule has 0 radical (unpaired) electrons. The Kier molecular flexibility index (Phi) is 5.00. The summed E-state index contributed by atoms with van der Waals surface area (Å²) in [6.07, 6.45) is 1.26. The molecule has 2 fully saturated rings. The zero-order chi connectivity index (χ0) is 18.9. The van der Waals surface area contributed by atoms with E-state index in [0.717, 1.165) is 5.56 Å². The lowest BCUT2D eigenvalue weighted by Gasteiger charge is -2.44. The van der Waals surface area contributed by atoms with Crippen LogP contribution >= 0.6 is 0 Å². The van der Waals surface area contributed by atoms with Gasteiger partial charge in [0.15, 0.2) is 6.04 Å². The van der Waals surface area contributed by atoms with Crippen LogP contribution in [0, 0.1) is 6.92 Å². The summed E-state index contributed by atoms with van der Waals surface area (Å²) in [5.74, 6) is -1.36. The standard InChI is InChI=1S/C19H24N2O5/c1-3-16(22)20-10-8-19(9-11-20)21(15(12-26-19)18(24)25)17(23)14-6-4-13(2)5-7-14/h4-7,15H,3,8-12H2,1-2H3,(H,24,25)/t15-/m1/s1. The lowest BCUT2D eigenvalue weighted by atomic mass is 9.96. The van der Waals surface area contributed by atoms with Gasteiger partial charge < -0.3 is 14.7 Å². The summed E-state index contributed by atoms with van der Waals surface area (Å²) in [4.78, 5) is 39.9. The van der Waals surface area contributed by atoms with Crippen LogP contribution in [-0.4, -0.2) is 64.2 Å². The third kappa shape index (κ3) is 3.19. The molecule has 0 saturated carbocycles. The van der Waals surface area contributed by atoms with Crippen molar-refractivity contribution < 1.29 is 24.2 Å². The molecule has 2 amide bonds. The molecule has 7 nitrogen and oxygen atoms in total. The van der Waals surface area contributed by atoms with Crippen LogP contribution in [0.3, 0.4) is 0 Å². The Balaban J connectivity index is 1.87. The van der Waals surface area contributed by atoms with Gasteiger partial charge in [-0.05, 0) is 19.1 Å². The van der Waals surface area contributed by atoms with E-state index in [1.165, 1.54) is 4.90 Å². The first-order valence-electron chi connectivity index (χ1n) is 8.93. The predicted molar refractivity (Wildman–Crippen MR) is 93.6 cm³/mol. The number of carboxylic acid groups (broad SMARTS) is 1. The van der Waals surface area contributed by atoms with Gasteiger partial charge in [-0.3, -0.25) is 14.5 Å². The van der Waals surface area contributed by atoms with Gasteiger partial charge in [0.1, 0.15) is 5.72 Å². The fourth-order valence-electron chi connectivity index (χ4n) is 3.72. The van der Waals surface area contributed by atoms with E-state index in [2.05, 4.69) is 0 Å². The largest absolute Gasteiger partial charge is 0.480 e. The molecule has 0 aliphatic carbocycles. The van der Waals surface area contributed by atoms with E-state index in [4.69, 9.17) is 4.74 Å². The molecule has 1 N–H and O–H groups in total. The van der Waals surface area contributed by atoms with Crippen LogP contribution in [0.15, 0.2) is 24.3 Å². The molecule has 7 heteroatoms. The maximum atomic E-state index is 13.1. The molecular formula is C19H24N2O5. The van der Waals surface area contributed by atoms with Crippen LogP contribution in [0.25, 0.3) is 0 Å². The van der Waals surface area contributed by atoms with Crippen molar-refractivity contribution in [3.8, 4) is 0 Å². The van der Waals surface area contributed by atoms with E-state index in [1.807, 2.05) is 26.0 Å². The second-order valence-corrected chi connectivity index (χ2v) is 6.89. The minimum atomic E-state index is -1.07. The van der Waals surface area contributed by atoms with Gasteiger partial charge in [-0.15, -0.1) is 0 Å². The maximum absolute atomic E-state index is 13.1. The molecule has 2 saturated heterocycles. The van der Waals surface area contributed by atoms with Crippen LogP contribution in [-0.2, 0) is 14.3 Å². The Morgan fingerprint density at radius 1 is 1.19 bits per heavy atom. The number of ether oxygens (including phenoxy) is 1. The Hall–Kier alpha value is -2.41. The van der Waals surface area contributed by atoms with E-state index in [9.17, 15) is 19.5 Å². The minimum Gasteiger partial charge on any atom is -0.480 e. The number of aryl methyl sites for hydroxylation is 1. The van der Waals surface area contributed by atoms with Crippen molar-refractivity contribution >= 4 is 17.8 Å². The van der Waals surface area contributed by atoms with Crippen molar-refractivity contribution in [2.24, 2.45) is 0 Å². The molecule has 1 aromatic rings. The molecule has 1 atom stereocenters. The number of amides is 2. The fraction of sp³-hybridized carbons (Fsp3) is 0.526. The van der Waals surface area contributed by atoms with Gasteiger partial charge in [0.25, 0.3) is 5.91 Å². The second kappa shape index (κ2) is 7.07. The number of carboxylic acids is 1. The second-order valence-electron chi connectivity index (χ2n) is 6.89. The van der Waals surface area contributed by atoms with E-state index < -0.39 is 17.7 Å². The predicted octanol–water partition coefficient (Wildman–Crippen LogP) is 1.65. The van der Waals surface area contributed by atoms with E-state index in [1.54, 1.807) is 17.0 Å². The molecule has 0 bridgehead atoms. The van der Waals surface area contributed by atoms with Crippen molar-refractivity contribution in [3.05, 3.63) is 35.4 Å². The fourth-order valence-corrected chi connectivity index (χ4v) is 3.72. The third-order valence-electron chi connectivity index (χ3n) is 5.26. The summed E-state index contributed by atoms with van der Waals surface area (Å²) in [6.45, 7) is 4.61. The van der Waals surface area contributed by atoms with E-state index in [-0.39, 0.29) is 18.4 Å². The molecule has 2 heterocycles. The molecule has 0 unspecified atom stereocenters. The number of piperidine rings is 1. The van der Waals surface area contributed by atoms with Crippen molar-refractivity contribution in [1.29, 1.82) is 0 Å². The molecule has 2 aliphatic heterocycles. The van der Waals surface area contributed by atoms with Gasteiger partial charge in [0, 0.05) is 37.9 Å². The highest BCUT2D eigenvalue weighted by Gasteiger charge is 2.54. The van der Waals surface area contributed by atoms with Crippen molar-refractivity contribution in [2.45, 2.75) is 44.9 Å². The third-order valence-corrected chi connectivity index (χ3v) is 5.26. The molecule has 1 spiro atoms. The van der Waals surface area contributed by atoms with Crippen molar-refractivity contribution in [2.75, 3.05) is 19.7 Å². The smallest absolute Gasteiger partial charge is 0.328 e.